The van der Waals surface area contributed by atoms with Gasteiger partial charge in [0, 0.05) is 28.3 Å². The third-order valence-electron chi connectivity index (χ3n) is 2.61. The highest BCUT2D eigenvalue weighted by atomic mass is 79.9. The average Bonchev–Trinajstić information content (AvgIpc) is 2.90. The van der Waals surface area contributed by atoms with Gasteiger partial charge in [0.2, 0.25) is 5.13 Å². The number of aryl methyl sites for hydroxylation is 1. The molecule has 0 aliphatic carbocycles. The van der Waals surface area contributed by atoms with Crippen LogP contribution in [0.25, 0.3) is 0 Å². The lowest BCUT2D eigenvalue weighted by Gasteiger charge is -2.11. The van der Waals surface area contributed by atoms with Crippen LogP contribution in [0.4, 0.5) is 15.3 Å². The third kappa shape index (κ3) is 3.58. The summed E-state index contributed by atoms with van der Waals surface area (Å²) in [6.07, 6.45) is 1.65. The second kappa shape index (κ2) is 6.37. The molecule has 0 bridgehead atoms. The van der Waals surface area contributed by atoms with Crippen LogP contribution in [-0.4, -0.2) is 14.3 Å². The molecule has 3 rings (SSSR count). The fourth-order valence-corrected chi connectivity index (χ4v) is 2.56. The van der Waals surface area contributed by atoms with Crippen molar-refractivity contribution in [3.63, 3.8) is 0 Å². The molecule has 0 saturated carbocycles. The van der Waals surface area contributed by atoms with Gasteiger partial charge in [-0.1, -0.05) is 0 Å². The Morgan fingerprint density at radius 3 is 2.73 bits per heavy atom. The van der Waals surface area contributed by atoms with E-state index in [4.69, 9.17) is 4.74 Å². The predicted octanol–water partition coefficient (Wildman–Crippen LogP) is 4.68. The molecule has 3 aromatic rings. The number of ether oxygens (including phenoxy) is 1. The first kappa shape index (κ1) is 14.9. The van der Waals surface area contributed by atoms with E-state index in [1.165, 1.54) is 23.7 Å². The molecule has 0 atom stereocenters. The molecule has 0 aliphatic heterocycles. The fourth-order valence-electron chi connectivity index (χ4n) is 1.67. The quantitative estimate of drug-likeness (QED) is 0.711. The zero-order chi connectivity index (χ0) is 15.5. The molecule has 112 valence electrons. The van der Waals surface area contributed by atoms with E-state index in [0.29, 0.717) is 28.3 Å². The largest absolute Gasteiger partial charge is 0.453 e. The number of hydrogen-bond donors (Lipinski definition) is 1. The normalized spacial score (nSPS) is 10.5. The summed E-state index contributed by atoms with van der Waals surface area (Å²) < 4.78 is 23.6. The van der Waals surface area contributed by atoms with Gasteiger partial charge in [0.15, 0.2) is 11.6 Å². The van der Waals surface area contributed by atoms with Gasteiger partial charge >= 0.3 is 0 Å². The molecule has 0 amide bonds. The van der Waals surface area contributed by atoms with Crippen molar-refractivity contribution in [1.82, 2.24) is 14.3 Å². The summed E-state index contributed by atoms with van der Waals surface area (Å²) in [5.74, 6) is 1.88. The van der Waals surface area contributed by atoms with E-state index in [9.17, 15) is 4.39 Å². The van der Waals surface area contributed by atoms with Crippen LogP contribution in [0.15, 0.2) is 41.0 Å². The Bertz CT molecular complexity index is 794. The number of nitrogens with one attached hydrogen (secondary N) is 1. The maximum Gasteiger partial charge on any atom is 0.208 e. The third-order valence-corrected chi connectivity index (χ3v) is 3.77. The summed E-state index contributed by atoms with van der Waals surface area (Å²) in [5.41, 5.74) is 0. The summed E-state index contributed by atoms with van der Waals surface area (Å²) >= 11 is 4.59. The van der Waals surface area contributed by atoms with Gasteiger partial charge in [-0.3, -0.25) is 0 Å². The lowest BCUT2D eigenvalue weighted by molar-refractivity contribution is 0.480. The van der Waals surface area contributed by atoms with E-state index in [2.05, 4.69) is 35.6 Å². The Morgan fingerprint density at radius 1 is 1.27 bits per heavy atom. The van der Waals surface area contributed by atoms with Crippen molar-refractivity contribution < 1.29 is 9.13 Å². The smallest absolute Gasteiger partial charge is 0.208 e. The topological polar surface area (TPSA) is 59.9 Å². The lowest BCUT2D eigenvalue weighted by Crippen LogP contribution is -1.97. The number of anilines is 2. The van der Waals surface area contributed by atoms with Gasteiger partial charge in [-0.05, 0) is 47.1 Å². The first-order chi connectivity index (χ1) is 10.6. The minimum Gasteiger partial charge on any atom is -0.453 e. The van der Waals surface area contributed by atoms with Crippen LogP contribution in [0.1, 0.15) is 5.82 Å². The molecule has 0 spiro atoms. The van der Waals surface area contributed by atoms with E-state index < -0.39 is 0 Å². The summed E-state index contributed by atoms with van der Waals surface area (Å²) in [4.78, 5) is 8.51. The molecule has 22 heavy (non-hydrogen) atoms. The van der Waals surface area contributed by atoms with Gasteiger partial charge < -0.3 is 10.1 Å². The first-order valence-electron chi connectivity index (χ1n) is 6.26. The van der Waals surface area contributed by atoms with Crippen molar-refractivity contribution in [3.8, 4) is 11.5 Å². The molecule has 8 heteroatoms. The second-order valence-corrected chi connectivity index (χ2v) is 6.00. The van der Waals surface area contributed by atoms with Crippen molar-refractivity contribution in [1.29, 1.82) is 0 Å². The van der Waals surface area contributed by atoms with Crippen molar-refractivity contribution in [2.45, 2.75) is 6.92 Å². The summed E-state index contributed by atoms with van der Waals surface area (Å²) in [6.45, 7) is 1.81. The summed E-state index contributed by atoms with van der Waals surface area (Å²) in [5, 5.41) is 3.69. The average molecular weight is 381 g/mol. The molecule has 0 radical (unpaired) electrons. The summed E-state index contributed by atoms with van der Waals surface area (Å²) in [7, 11) is 0. The van der Waals surface area contributed by atoms with Crippen LogP contribution >= 0.6 is 27.5 Å². The molecule has 0 saturated heterocycles. The van der Waals surface area contributed by atoms with Gasteiger partial charge in [0.25, 0.3) is 0 Å². The van der Waals surface area contributed by atoms with Crippen LogP contribution in [0.3, 0.4) is 0 Å². The highest BCUT2D eigenvalue weighted by molar-refractivity contribution is 9.10. The minimum absolute atomic E-state index is 0.317. The number of rotatable bonds is 4. The van der Waals surface area contributed by atoms with Crippen LogP contribution < -0.4 is 10.1 Å². The number of benzene rings is 1. The number of halogens is 2. The lowest BCUT2D eigenvalue weighted by atomic mass is 10.3. The van der Waals surface area contributed by atoms with Gasteiger partial charge in [0.05, 0.1) is 0 Å². The zero-order valence-electron chi connectivity index (χ0n) is 11.4. The SMILES string of the molecule is Cc1nsc(Nc2ncc(Br)cc2Oc2ccc(F)cc2)n1. The number of pyridine rings is 1. The van der Waals surface area contributed by atoms with Gasteiger partial charge in [0.1, 0.15) is 17.4 Å². The van der Waals surface area contributed by atoms with Crippen molar-refractivity contribution in [2.24, 2.45) is 0 Å². The fraction of sp³-hybridized carbons (Fsp3) is 0.0714. The monoisotopic (exact) mass is 380 g/mol. The molecule has 0 fully saturated rings. The van der Waals surface area contributed by atoms with Gasteiger partial charge in [-0.25, -0.2) is 14.4 Å². The molecule has 0 aliphatic rings. The Morgan fingerprint density at radius 2 is 2.05 bits per heavy atom. The molecular weight excluding hydrogens is 371 g/mol. The highest BCUT2D eigenvalue weighted by Gasteiger charge is 2.10. The Labute approximate surface area is 138 Å². The van der Waals surface area contributed by atoms with E-state index in [1.54, 1.807) is 24.4 Å². The highest BCUT2D eigenvalue weighted by Crippen LogP contribution is 2.32. The van der Waals surface area contributed by atoms with Crippen molar-refractivity contribution >= 4 is 38.4 Å². The van der Waals surface area contributed by atoms with Crippen molar-refractivity contribution in [2.75, 3.05) is 5.32 Å². The number of hydrogen-bond acceptors (Lipinski definition) is 6. The molecule has 0 unspecified atom stereocenters. The van der Waals surface area contributed by atoms with E-state index in [1.807, 2.05) is 6.92 Å². The molecule has 1 aromatic carbocycles. The van der Waals surface area contributed by atoms with Crippen molar-refractivity contribution in [3.05, 3.63) is 52.6 Å². The molecule has 2 heterocycles. The van der Waals surface area contributed by atoms with E-state index in [-0.39, 0.29) is 5.82 Å². The number of aromatic nitrogens is 3. The van der Waals surface area contributed by atoms with Crippen LogP contribution in [0.2, 0.25) is 0 Å². The molecule has 5 nitrogen and oxygen atoms in total. The summed E-state index contributed by atoms with van der Waals surface area (Å²) in [6, 6.07) is 7.54. The molecular formula is C14H10BrFN4OS. The van der Waals surface area contributed by atoms with E-state index >= 15 is 0 Å². The Balaban J connectivity index is 1.88. The minimum atomic E-state index is -0.317. The molecule has 1 N–H and O–H groups in total. The second-order valence-electron chi connectivity index (χ2n) is 4.33. The maximum absolute atomic E-state index is 13.0. The van der Waals surface area contributed by atoms with Crippen LogP contribution in [-0.2, 0) is 0 Å². The Kier molecular flexibility index (Phi) is 4.30. The maximum atomic E-state index is 13.0. The standard InChI is InChI=1S/C14H10BrFN4OS/c1-8-18-14(22-20-8)19-13-12(6-9(15)7-17-13)21-11-4-2-10(16)3-5-11/h2-7H,1H3,(H,17,18,19,20). The van der Waals surface area contributed by atoms with Crippen LogP contribution in [0, 0.1) is 12.7 Å². The van der Waals surface area contributed by atoms with E-state index in [0.717, 1.165) is 4.47 Å². The van der Waals surface area contributed by atoms with Gasteiger partial charge in [-0.15, -0.1) is 0 Å². The first-order valence-corrected chi connectivity index (χ1v) is 7.83. The van der Waals surface area contributed by atoms with Gasteiger partial charge in [-0.2, -0.15) is 4.37 Å². The zero-order valence-corrected chi connectivity index (χ0v) is 13.8. The molecule has 2 aromatic heterocycles. The Hall–Kier alpha value is -2.06. The predicted molar refractivity (Wildman–Crippen MR) is 86.3 cm³/mol. The van der Waals surface area contributed by atoms with Crippen LogP contribution in [0.5, 0.6) is 11.5 Å². The number of nitrogens with zero attached hydrogens (tertiary/aromatic N) is 3.